The van der Waals surface area contributed by atoms with Crippen LogP contribution in [-0.4, -0.2) is 58.4 Å². The zero-order valence-electron chi connectivity index (χ0n) is 19.2. The Hall–Kier alpha value is -2.15. The van der Waals surface area contributed by atoms with E-state index < -0.39 is 0 Å². The Morgan fingerprint density at radius 3 is 2.44 bits per heavy atom. The van der Waals surface area contributed by atoms with Crippen molar-refractivity contribution in [2.75, 3.05) is 31.5 Å². The molecule has 2 bridgehead atoms. The third-order valence-corrected chi connectivity index (χ3v) is 8.28. The van der Waals surface area contributed by atoms with E-state index in [0.29, 0.717) is 12.0 Å². The lowest BCUT2D eigenvalue weighted by molar-refractivity contribution is -0.130. The van der Waals surface area contributed by atoms with Gasteiger partial charge in [0.1, 0.15) is 0 Å². The summed E-state index contributed by atoms with van der Waals surface area (Å²) in [6, 6.07) is 3.95. The average Bonchev–Trinajstić information content (AvgIpc) is 2.81. The lowest BCUT2D eigenvalue weighted by Gasteiger charge is -2.48. The first-order chi connectivity index (χ1) is 15.5. The number of hydrogen-bond acceptors (Lipinski definition) is 4. The second-order valence-corrected chi connectivity index (χ2v) is 10.4. The summed E-state index contributed by atoms with van der Waals surface area (Å²) in [4.78, 5) is 41.9. The van der Waals surface area contributed by atoms with Crippen LogP contribution in [0.5, 0.6) is 0 Å². The van der Waals surface area contributed by atoms with Gasteiger partial charge in [0.2, 0.25) is 11.8 Å². The molecule has 1 saturated carbocycles. The molecule has 1 N–H and O–H groups in total. The highest BCUT2D eigenvalue weighted by Crippen LogP contribution is 2.40. The topological polar surface area (TPSA) is 74.7 Å². The minimum Gasteiger partial charge on any atom is -0.343 e. The molecule has 1 aliphatic carbocycles. The van der Waals surface area contributed by atoms with Crippen LogP contribution in [-0.2, 0) is 16.1 Å². The van der Waals surface area contributed by atoms with Crippen molar-refractivity contribution in [2.45, 2.75) is 76.8 Å². The number of carbonyl (C=O) groups is 2. The van der Waals surface area contributed by atoms with Gasteiger partial charge >= 0.3 is 0 Å². The molecule has 4 aliphatic rings. The molecule has 174 valence electrons. The SMILES string of the molecule is CC(=O)N1CCC(N2C[C@H]3C[C@H](C2)c2c(NC(=O)C4CCCCC4)ccc(=O)n2C3)CC1. The molecule has 32 heavy (non-hydrogen) atoms. The summed E-state index contributed by atoms with van der Waals surface area (Å²) in [6.45, 7) is 6.02. The third kappa shape index (κ3) is 4.24. The van der Waals surface area contributed by atoms with Gasteiger partial charge in [-0.1, -0.05) is 19.3 Å². The smallest absolute Gasteiger partial charge is 0.250 e. The van der Waals surface area contributed by atoms with Crippen molar-refractivity contribution in [1.82, 2.24) is 14.4 Å². The number of nitrogens with zero attached hydrogens (tertiary/aromatic N) is 3. The monoisotopic (exact) mass is 440 g/mol. The number of nitrogens with one attached hydrogen (secondary N) is 1. The molecule has 2 saturated heterocycles. The molecule has 3 fully saturated rings. The first-order valence-electron chi connectivity index (χ1n) is 12.5. The summed E-state index contributed by atoms with van der Waals surface area (Å²) >= 11 is 0. The van der Waals surface area contributed by atoms with Crippen LogP contribution in [0.4, 0.5) is 5.69 Å². The van der Waals surface area contributed by atoms with Gasteiger partial charge in [0.05, 0.1) is 5.69 Å². The number of anilines is 1. The van der Waals surface area contributed by atoms with Gasteiger partial charge < -0.3 is 14.8 Å². The minimum absolute atomic E-state index is 0.0496. The van der Waals surface area contributed by atoms with E-state index in [1.165, 1.54) is 6.42 Å². The fourth-order valence-corrected chi connectivity index (χ4v) is 6.60. The Morgan fingerprint density at radius 2 is 1.72 bits per heavy atom. The number of piperidine rings is 2. The Bertz CT molecular complexity index is 928. The van der Waals surface area contributed by atoms with Crippen LogP contribution in [0.2, 0.25) is 0 Å². The highest BCUT2D eigenvalue weighted by atomic mass is 16.2. The molecule has 3 aliphatic heterocycles. The highest BCUT2D eigenvalue weighted by molar-refractivity contribution is 5.93. The summed E-state index contributed by atoms with van der Waals surface area (Å²) in [6.07, 6.45) is 8.55. The van der Waals surface area contributed by atoms with Crippen molar-refractivity contribution in [1.29, 1.82) is 0 Å². The predicted octanol–water partition coefficient (Wildman–Crippen LogP) is 2.80. The molecule has 2 amide bonds. The maximum atomic E-state index is 13.0. The Labute approximate surface area is 190 Å². The Balaban J connectivity index is 1.34. The quantitative estimate of drug-likeness (QED) is 0.784. The molecule has 0 spiro atoms. The van der Waals surface area contributed by atoms with E-state index >= 15 is 0 Å². The van der Waals surface area contributed by atoms with Gasteiger partial charge in [0, 0.05) is 69.3 Å². The van der Waals surface area contributed by atoms with E-state index in [4.69, 9.17) is 0 Å². The van der Waals surface area contributed by atoms with E-state index in [2.05, 4.69) is 10.2 Å². The molecule has 2 atom stereocenters. The first-order valence-corrected chi connectivity index (χ1v) is 12.5. The number of pyridine rings is 1. The van der Waals surface area contributed by atoms with Crippen molar-refractivity contribution < 1.29 is 9.59 Å². The second kappa shape index (κ2) is 9.00. The van der Waals surface area contributed by atoms with E-state index in [0.717, 1.165) is 89.1 Å². The van der Waals surface area contributed by atoms with Gasteiger partial charge in [-0.25, -0.2) is 0 Å². The zero-order chi connectivity index (χ0) is 22.2. The molecule has 0 radical (unpaired) electrons. The van der Waals surface area contributed by atoms with E-state index in [1.54, 1.807) is 13.0 Å². The standard InChI is InChI=1S/C25H36N4O3/c1-17(30)27-11-9-21(10-12-27)28-14-18-13-20(16-28)24-22(7-8-23(31)29(24)15-18)26-25(32)19-5-3-2-4-6-19/h7-8,18-21H,2-6,9-16H2,1H3,(H,26,32)/t18-,20-/m1/s1. The molecule has 1 aromatic rings. The second-order valence-electron chi connectivity index (χ2n) is 10.4. The maximum Gasteiger partial charge on any atom is 0.250 e. The van der Waals surface area contributed by atoms with E-state index in [-0.39, 0.29) is 29.2 Å². The van der Waals surface area contributed by atoms with Gasteiger partial charge in [0.25, 0.3) is 5.56 Å². The fourth-order valence-electron chi connectivity index (χ4n) is 6.60. The van der Waals surface area contributed by atoms with Crippen molar-refractivity contribution in [2.24, 2.45) is 11.8 Å². The summed E-state index contributed by atoms with van der Waals surface area (Å²) in [5.74, 6) is 1.13. The normalized spacial score (nSPS) is 27.1. The summed E-state index contributed by atoms with van der Waals surface area (Å²) < 4.78 is 1.94. The van der Waals surface area contributed by atoms with Crippen molar-refractivity contribution in [3.63, 3.8) is 0 Å². The van der Waals surface area contributed by atoms with Crippen LogP contribution < -0.4 is 10.9 Å². The molecule has 5 rings (SSSR count). The maximum absolute atomic E-state index is 13.0. The van der Waals surface area contributed by atoms with E-state index in [1.807, 2.05) is 15.5 Å². The number of fused-ring (bicyclic) bond motifs is 4. The minimum atomic E-state index is 0.0496. The highest BCUT2D eigenvalue weighted by Gasteiger charge is 2.39. The number of likely N-dealkylation sites (tertiary alicyclic amines) is 2. The van der Waals surface area contributed by atoms with Crippen LogP contribution in [0.25, 0.3) is 0 Å². The molecule has 1 aromatic heterocycles. The van der Waals surface area contributed by atoms with Crippen LogP contribution in [0.1, 0.15) is 69.9 Å². The predicted molar refractivity (Wildman–Crippen MR) is 124 cm³/mol. The van der Waals surface area contributed by atoms with Gasteiger partial charge in [0.15, 0.2) is 0 Å². The molecular weight excluding hydrogens is 404 g/mol. The molecule has 7 nitrogen and oxygen atoms in total. The van der Waals surface area contributed by atoms with E-state index in [9.17, 15) is 14.4 Å². The number of amides is 2. The Morgan fingerprint density at radius 1 is 0.969 bits per heavy atom. The van der Waals surface area contributed by atoms with Crippen molar-refractivity contribution in [3.05, 3.63) is 28.2 Å². The fraction of sp³-hybridized carbons (Fsp3) is 0.720. The molecular formula is C25H36N4O3. The van der Waals surface area contributed by atoms with Gasteiger partial charge in [-0.05, 0) is 44.1 Å². The summed E-state index contributed by atoms with van der Waals surface area (Å²) in [5.41, 5.74) is 1.93. The summed E-state index contributed by atoms with van der Waals surface area (Å²) in [5, 5.41) is 3.22. The van der Waals surface area contributed by atoms with Crippen LogP contribution in [0, 0.1) is 11.8 Å². The largest absolute Gasteiger partial charge is 0.343 e. The van der Waals surface area contributed by atoms with Crippen molar-refractivity contribution >= 4 is 17.5 Å². The average molecular weight is 441 g/mol. The van der Waals surface area contributed by atoms with Gasteiger partial charge in [-0.15, -0.1) is 0 Å². The summed E-state index contributed by atoms with van der Waals surface area (Å²) in [7, 11) is 0. The lowest BCUT2D eigenvalue weighted by Crippen LogP contribution is -2.53. The number of aromatic nitrogens is 1. The van der Waals surface area contributed by atoms with Crippen LogP contribution >= 0.6 is 0 Å². The van der Waals surface area contributed by atoms with Gasteiger partial charge in [-0.3, -0.25) is 19.3 Å². The lowest BCUT2D eigenvalue weighted by atomic mass is 9.81. The number of hydrogen-bond donors (Lipinski definition) is 1. The Kier molecular flexibility index (Phi) is 6.10. The van der Waals surface area contributed by atoms with Crippen LogP contribution in [0.15, 0.2) is 16.9 Å². The molecule has 7 heteroatoms. The molecule has 4 heterocycles. The molecule has 0 aromatic carbocycles. The van der Waals surface area contributed by atoms with Crippen LogP contribution in [0.3, 0.4) is 0 Å². The van der Waals surface area contributed by atoms with Crippen molar-refractivity contribution in [3.8, 4) is 0 Å². The number of rotatable bonds is 3. The zero-order valence-corrected chi connectivity index (χ0v) is 19.2. The first kappa shape index (κ1) is 21.7. The molecule has 0 unspecified atom stereocenters. The third-order valence-electron chi connectivity index (χ3n) is 8.28. The van der Waals surface area contributed by atoms with Gasteiger partial charge in [-0.2, -0.15) is 0 Å². The number of carbonyl (C=O) groups excluding carboxylic acids is 2.